The summed E-state index contributed by atoms with van der Waals surface area (Å²) in [7, 11) is 0. The van der Waals surface area contributed by atoms with Gasteiger partial charge in [0.15, 0.2) is 0 Å². The van der Waals surface area contributed by atoms with E-state index in [0.717, 1.165) is 0 Å². The van der Waals surface area contributed by atoms with E-state index in [2.05, 4.69) is 0 Å². The summed E-state index contributed by atoms with van der Waals surface area (Å²) < 4.78 is 0. The monoisotopic (exact) mass is 264 g/mol. The standard InChI is InChI=1S/C13H16N2O4/c14-12(18)8-3-2-6-15(7-8)13(19)11-9(16)4-1-5-10(11)17/h1,4-5,8,16-17H,2-3,6-7H2,(H2,14,18). The summed E-state index contributed by atoms with van der Waals surface area (Å²) in [5.41, 5.74) is 5.12. The zero-order chi connectivity index (χ0) is 14.0. The van der Waals surface area contributed by atoms with Crippen LogP contribution in [0, 0.1) is 5.92 Å². The van der Waals surface area contributed by atoms with Crippen LogP contribution in [0.15, 0.2) is 18.2 Å². The van der Waals surface area contributed by atoms with Crippen LogP contribution in [0.5, 0.6) is 11.5 Å². The maximum atomic E-state index is 12.3. The van der Waals surface area contributed by atoms with Crippen LogP contribution in [0.25, 0.3) is 0 Å². The average molecular weight is 264 g/mol. The fraction of sp³-hybridized carbons (Fsp3) is 0.385. The van der Waals surface area contributed by atoms with Crippen molar-refractivity contribution >= 4 is 11.8 Å². The molecule has 1 unspecified atom stereocenters. The molecule has 2 amide bonds. The normalized spacial score (nSPS) is 19.2. The van der Waals surface area contributed by atoms with Crippen LogP contribution in [-0.4, -0.2) is 40.0 Å². The van der Waals surface area contributed by atoms with Crippen LogP contribution < -0.4 is 5.73 Å². The summed E-state index contributed by atoms with van der Waals surface area (Å²) >= 11 is 0. The number of amides is 2. The zero-order valence-electron chi connectivity index (χ0n) is 10.4. The van der Waals surface area contributed by atoms with Crippen molar-refractivity contribution in [1.82, 2.24) is 4.90 Å². The van der Waals surface area contributed by atoms with Crippen LogP contribution in [0.4, 0.5) is 0 Å². The van der Waals surface area contributed by atoms with Crippen molar-refractivity contribution in [2.45, 2.75) is 12.8 Å². The molecule has 0 aliphatic carbocycles. The molecule has 102 valence electrons. The van der Waals surface area contributed by atoms with Crippen molar-refractivity contribution in [1.29, 1.82) is 0 Å². The fourth-order valence-corrected chi connectivity index (χ4v) is 2.30. The Morgan fingerprint density at radius 1 is 1.26 bits per heavy atom. The third-order valence-electron chi connectivity index (χ3n) is 3.35. The lowest BCUT2D eigenvalue weighted by molar-refractivity contribution is -0.123. The van der Waals surface area contributed by atoms with Crippen molar-refractivity contribution in [2.75, 3.05) is 13.1 Å². The first kappa shape index (κ1) is 13.2. The van der Waals surface area contributed by atoms with E-state index < -0.39 is 11.8 Å². The number of carbonyl (C=O) groups is 2. The molecule has 1 aromatic rings. The molecule has 1 saturated heterocycles. The van der Waals surface area contributed by atoms with E-state index in [-0.39, 0.29) is 29.5 Å². The van der Waals surface area contributed by atoms with Gasteiger partial charge in [-0.3, -0.25) is 9.59 Å². The molecular formula is C13H16N2O4. The first-order valence-corrected chi connectivity index (χ1v) is 6.10. The van der Waals surface area contributed by atoms with Gasteiger partial charge < -0.3 is 20.8 Å². The minimum atomic E-state index is -0.485. The lowest BCUT2D eigenvalue weighted by Crippen LogP contribution is -2.44. The Morgan fingerprint density at radius 2 is 1.89 bits per heavy atom. The fourth-order valence-electron chi connectivity index (χ4n) is 2.30. The quantitative estimate of drug-likeness (QED) is 0.720. The maximum absolute atomic E-state index is 12.3. The van der Waals surface area contributed by atoms with Gasteiger partial charge in [-0.1, -0.05) is 6.07 Å². The molecule has 0 saturated carbocycles. The van der Waals surface area contributed by atoms with E-state index in [4.69, 9.17) is 5.73 Å². The number of piperidine rings is 1. The SMILES string of the molecule is NC(=O)C1CCCN(C(=O)c2c(O)cccc2O)C1. The van der Waals surface area contributed by atoms with Crippen molar-refractivity contribution in [3.8, 4) is 11.5 Å². The van der Waals surface area contributed by atoms with E-state index in [1.54, 1.807) is 0 Å². The largest absolute Gasteiger partial charge is 0.507 e. The van der Waals surface area contributed by atoms with Crippen LogP contribution >= 0.6 is 0 Å². The van der Waals surface area contributed by atoms with Crippen molar-refractivity contribution < 1.29 is 19.8 Å². The number of hydrogen-bond donors (Lipinski definition) is 3. The number of phenols is 2. The molecule has 1 aliphatic rings. The average Bonchev–Trinajstić information content (AvgIpc) is 2.38. The molecule has 1 aromatic carbocycles. The van der Waals surface area contributed by atoms with Gasteiger partial charge in [0, 0.05) is 13.1 Å². The van der Waals surface area contributed by atoms with Gasteiger partial charge in [0.2, 0.25) is 5.91 Å². The van der Waals surface area contributed by atoms with Gasteiger partial charge in [0.05, 0.1) is 5.92 Å². The lowest BCUT2D eigenvalue weighted by Gasteiger charge is -2.31. The molecule has 6 nitrogen and oxygen atoms in total. The number of benzene rings is 1. The number of likely N-dealkylation sites (tertiary alicyclic amines) is 1. The number of primary amides is 1. The van der Waals surface area contributed by atoms with Gasteiger partial charge in [-0.2, -0.15) is 0 Å². The Labute approximate surface area is 110 Å². The van der Waals surface area contributed by atoms with Gasteiger partial charge in [0.1, 0.15) is 17.1 Å². The van der Waals surface area contributed by atoms with Crippen molar-refractivity contribution in [3.05, 3.63) is 23.8 Å². The zero-order valence-corrected chi connectivity index (χ0v) is 10.4. The molecule has 0 radical (unpaired) electrons. The number of phenolic OH excluding ortho intramolecular Hbond substituents is 2. The molecule has 1 atom stereocenters. The molecule has 0 spiro atoms. The van der Waals surface area contributed by atoms with Crippen LogP contribution in [0.2, 0.25) is 0 Å². The smallest absolute Gasteiger partial charge is 0.261 e. The Balaban J connectivity index is 2.22. The summed E-state index contributed by atoms with van der Waals surface area (Å²) in [5, 5.41) is 19.3. The molecule has 6 heteroatoms. The molecule has 0 aromatic heterocycles. The maximum Gasteiger partial charge on any atom is 0.261 e. The topological polar surface area (TPSA) is 104 Å². The van der Waals surface area contributed by atoms with E-state index in [1.165, 1.54) is 23.1 Å². The van der Waals surface area contributed by atoms with Crippen LogP contribution in [-0.2, 0) is 4.79 Å². The summed E-state index contributed by atoms with van der Waals surface area (Å²) in [6.45, 7) is 0.707. The molecule has 2 rings (SSSR count). The second-order valence-corrected chi connectivity index (χ2v) is 4.66. The Morgan fingerprint density at radius 3 is 2.47 bits per heavy atom. The predicted molar refractivity (Wildman–Crippen MR) is 67.6 cm³/mol. The summed E-state index contributed by atoms with van der Waals surface area (Å²) in [6, 6.07) is 4.12. The molecule has 4 N–H and O–H groups in total. The van der Waals surface area contributed by atoms with E-state index in [0.29, 0.717) is 19.4 Å². The predicted octanol–water partition coefficient (Wildman–Crippen LogP) is 0.435. The van der Waals surface area contributed by atoms with Gasteiger partial charge in [-0.25, -0.2) is 0 Å². The van der Waals surface area contributed by atoms with Crippen molar-refractivity contribution in [2.24, 2.45) is 11.7 Å². The number of rotatable bonds is 2. The lowest BCUT2D eigenvalue weighted by atomic mass is 9.96. The highest BCUT2D eigenvalue weighted by Crippen LogP contribution is 2.29. The van der Waals surface area contributed by atoms with Gasteiger partial charge in [0.25, 0.3) is 5.91 Å². The molecule has 1 heterocycles. The summed E-state index contributed by atoms with van der Waals surface area (Å²) in [5.74, 6) is -1.83. The van der Waals surface area contributed by atoms with Gasteiger partial charge in [-0.15, -0.1) is 0 Å². The first-order chi connectivity index (χ1) is 9.00. The minimum Gasteiger partial charge on any atom is -0.507 e. The first-order valence-electron chi connectivity index (χ1n) is 6.10. The van der Waals surface area contributed by atoms with Crippen LogP contribution in [0.3, 0.4) is 0 Å². The molecule has 0 bridgehead atoms. The number of nitrogens with two attached hydrogens (primary N) is 1. The minimum absolute atomic E-state index is 0.132. The second-order valence-electron chi connectivity index (χ2n) is 4.66. The highest BCUT2D eigenvalue weighted by molar-refractivity contribution is 5.99. The Kier molecular flexibility index (Phi) is 3.59. The summed E-state index contributed by atoms with van der Waals surface area (Å²) in [4.78, 5) is 24.9. The van der Waals surface area contributed by atoms with Gasteiger partial charge in [-0.05, 0) is 25.0 Å². The Hall–Kier alpha value is -2.24. The molecule has 1 fully saturated rings. The molecular weight excluding hydrogens is 248 g/mol. The van der Waals surface area contributed by atoms with E-state index >= 15 is 0 Å². The van der Waals surface area contributed by atoms with Crippen molar-refractivity contribution in [3.63, 3.8) is 0 Å². The third-order valence-corrected chi connectivity index (χ3v) is 3.35. The molecule has 19 heavy (non-hydrogen) atoms. The van der Waals surface area contributed by atoms with Crippen LogP contribution in [0.1, 0.15) is 23.2 Å². The van der Waals surface area contributed by atoms with Gasteiger partial charge >= 0.3 is 0 Å². The second kappa shape index (κ2) is 5.17. The number of carbonyl (C=O) groups excluding carboxylic acids is 2. The van der Waals surface area contributed by atoms with E-state index in [1.807, 2.05) is 0 Å². The molecule has 1 aliphatic heterocycles. The highest BCUT2D eigenvalue weighted by atomic mass is 16.3. The number of nitrogens with zero attached hydrogens (tertiary/aromatic N) is 1. The van der Waals surface area contributed by atoms with E-state index in [9.17, 15) is 19.8 Å². The highest BCUT2D eigenvalue weighted by Gasteiger charge is 2.29. The Bertz CT molecular complexity index is 495. The number of aromatic hydroxyl groups is 2. The third kappa shape index (κ3) is 2.62. The number of hydrogen-bond acceptors (Lipinski definition) is 4. The summed E-state index contributed by atoms with van der Waals surface area (Å²) in [6.07, 6.45) is 1.33.